The van der Waals surface area contributed by atoms with Crippen molar-refractivity contribution in [1.29, 1.82) is 0 Å². The predicted octanol–water partition coefficient (Wildman–Crippen LogP) is 15.8. The first-order chi connectivity index (χ1) is 30.0. The fourth-order valence-electron chi connectivity index (χ4n) is 11.3. The van der Waals surface area contributed by atoms with Crippen molar-refractivity contribution in [2.24, 2.45) is 0 Å². The number of anilines is 2. The quantitative estimate of drug-likeness (QED) is 0.179. The molecule has 3 aromatic heterocycles. The summed E-state index contributed by atoms with van der Waals surface area (Å²) in [7, 11) is 0. The lowest BCUT2D eigenvalue weighted by molar-refractivity contribution is 0.660. The maximum atomic E-state index is 6.91. The third-order valence-electron chi connectivity index (χ3n) is 14.0. The topological polar surface area (TPSA) is 34.5 Å². The Labute approximate surface area is 351 Å². The van der Waals surface area contributed by atoms with E-state index in [0.717, 1.165) is 73.7 Å². The van der Waals surface area contributed by atoms with Crippen LogP contribution in [0, 0.1) is 0 Å². The van der Waals surface area contributed by atoms with Crippen LogP contribution in [0.2, 0.25) is 0 Å². The minimum atomic E-state index is -0.152. The minimum Gasteiger partial charge on any atom is -0.455 e. The zero-order chi connectivity index (χ0) is 40.1. The monoisotopic (exact) mass is 782 g/mol. The van der Waals surface area contributed by atoms with Crippen molar-refractivity contribution in [3.63, 3.8) is 0 Å². The van der Waals surface area contributed by atoms with Gasteiger partial charge in [0.15, 0.2) is 5.58 Å². The molecule has 0 radical (unpaired) electrons. The Kier molecular flexibility index (Phi) is 6.44. The van der Waals surface area contributed by atoms with Crippen LogP contribution in [0.15, 0.2) is 184 Å². The van der Waals surface area contributed by atoms with Crippen molar-refractivity contribution < 1.29 is 8.83 Å². The van der Waals surface area contributed by atoms with Crippen molar-refractivity contribution in [3.8, 4) is 22.3 Å². The number of aromatic nitrogens is 1. The molecular weight excluding hydrogens is 745 g/mol. The van der Waals surface area contributed by atoms with E-state index < -0.39 is 0 Å². The first kappa shape index (κ1) is 33.3. The molecule has 8 aromatic carbocycles. The number of fused-ring (bicyclic) bond motifs is 17. The van der Waals surface area contributed by atoms with Crippen LogP contribution in [0.3, 0.4) is 0 Å². The molecule has 0 saturated carbocycles. The van der Waals surface area contributed by atoms with Crippen LogP contribution in [-0.2, 0) is 5.41 Å². The summed E-state index contributed by atoms with van der Waals surface area (Å²) in [5.74, 6) is 0. The highest BCUT2D eigenvalue weighted by Crippen LogP contribution is 2.54. The van der Waals surface area contributed by atoms with Gasteiger partial charge in [-0.15, -0.1) is 0 Å². The highest BCUT2D eigenvalue weighted by Gasteiger charge is 2.37. The van der Waals surface area contributed by atoms with Crippen molar-refractivity contribution >= 4 is 88.3 Å². The molecule has 11 aromatic rings. The summed E-state index contributed by atoms with van der Waals surface area (Å²) >= 11 is 0. The van der Waals surface area contributed by atoms with Crippen molar-refractivity contribution in [2.75, 3.05) is 4.90 Å². The smallest absolute Gasteiger partial charge is 0.159 e. The number of hydrogen-bond acceptors (Lipinski definition) is 3. The Balaban J connectivity index is 1.08. The van der Waals surface area contributed by atoms with Gasteiger partial charge in [0, 0.05) is 71.5 Å². The number of benzene rings is 8. The molecule has 0 bridgehead atoms. The molecule has 288 valence electrons. The lowest BCUT2D eigenvalue weighted by Gasteiger charge is -2.33. The summed E-state index contributed by atoms with van der Waals surface area (Å²) in [6, 6.07) is 59.8. The number of nitrogens with zero attached hydrogens (tertiary/aromatic N) is 2. The molecule has 0 atom stereocenters. The van der Waals surface area contributed by atoms with Gasteiger partial charge < -0.3 is 18.3 Å². The third kappa shape index (κ3) is 4.33. The molecule has 3 aliphatic rings. The predicted molar refractivity (Wildman–Crippen MR) is 252 cm³/mol. The second kappa shape index (κ2) is 11.8. The van der Waals surface area contributed by atoms with Gasteiger partial charge in [0.2, 0.25) is 0 Å². The number of furan rings is 2. The summed E-state index contributed by atoms with van der Waals surface area (Å²) < 4.78 is 16.3. The zero-order valence-corrected chi connectivity index (χ0v) is 33.8. The van der Waals surface area contributed by atoms with Gasteiger partial charge in [-0.1, -0.05) is 135 Å². The van der Waals surface area contributed by atoms with E-state index in [4.69, 9.17) is 8.83 Å². The molecule has 0 N–H and O–H groups in total. The van der Waals surface area contributed by atoms with Crippen LogP contribution in [0.25, 0.3) is 99.2 Å². The summed E-state index contributed by atoms with van der Waals surface area (Å²) in [5, 5.41) is 7.04. The van der Waals surface area contributed by atoms with Crippen LogP contribution >= 0.6 is 0 Å². The fraction of sp³-hybridized carbons (Fsp3) is 0.0877. The second-order valence-electron chi connectivity index (χ2n) is 17.5. The van der Waals surface area contributed by atoms with Crippen molar-refractivity contribution in [3.05, 3.63) is 192 Å². The van der Waals surface area contributed by atoms with Crippen LogP contribution < -0.4 is 4.90 Å². The van der Waals surface area contributed by atoms with Crippen LogP contribution in [0.1, 0.15) is 43.4 Å². The van der Waals surface area contributed by atoms with E-state index >= 15 is 0 Å². The lowest BCUT2D eigenvalue weighted by Crippen LogP contribution is -2.21. The SMILES string of the molecule is CC1(C)c2ccccc2-c2ccc(N(C3=CC4=C(CC3)n3c5ccccc5c5cccc(c53)-c3c4ccc4c3oc3ccccc34)c3cccc4c3oc3ccccc34)cc21. The van der Waals surface area contributed by atoms with Gasteiger partial charge in [0.05, 0.1) is 16.7 Å². The van der Waals surface area contributed by atoms with Gasteiger partial charge in [0.1, 0.15) is 16.7 Å². The minimum absolute atomic E-state index is 0.152. The molecule has 61 heavy (non-hydrogen) atoms. The Morgan fingerprint density at radius 2 is 1.15 bits per heavy atom. The standard InChI is InChI=1S/C57H38N2O2/c1-57(2)46-20-7-3-13-35(46)36-27-25-34(32-47(36)57)58(50-22-12-18-42-38-15-5-9-23-51(38)60-55(42)50)33-26-30-49-45(31-33)40-28-29-43-39-16-6-10-24-52(39)61-56(43)53(40)44-19-11-17-41-37-14-4-8-21-48(37)59(49)54(41)44/h3-25,27-29,31-32H,26,30H2,1-2H3. The number of hydrogen-bond donors (Lipinski definition) is 0. The molecule has 4 nitrogen and oxygen atoms in total. The van der Waals surface area contributed by atoms with Gasteiger partial charge in [0.25, 0.3) is 0 Å². The highest BCUT2D eigenvalue weighted by molar-refractivity contribution is 6.22. The molecule has 2 aliphatic carbocycles. The normalized spacial score (nSPS) is 15.1. The molecule has 0 unspecified atom stereocenters. The van der Waals surface area contributed by atoms with E-state index in [1.165, 1.54) is 72.2 Å². The van der Waals surface area contributed by atoms with E-state index in [0.29, 0.717) is 0 Å². The van der Waals surface area contributed by atoms with Crippen LogP contribution in [-0.4, -0.2) is 4.57 Å². The van der Waals surface area contributed by atoms with E-state index in [1.54, 1.807) is 0 Å². The summed E-state index contributed by atoms with van der Waals surface area (Å²) in [5.41, 5.74) is 20.7. The average molecular weight is 783 g/mol. The van der Waals surface area contributed by atoms with E-state index in [-0.39, 0.29) is 5.41 Å². The molecule has 0 spiro atoms. The van der Waals surface area contributed by atoms with E-state index in [9.17, 15) is 0 Å². The number of para-hydroxylation sites is 5. The highest BCUT2D eigenvalue weighted by atomic mass is 16.3. The molecular formula is C57H38N2O2. The molecule has 14 rings (SSSR count). The molecule has 4 heterocycles. The number of allylic oxidation sites excluding steroid dienone is 4. The summed E-state index contributed by atoms with van der Waals surface area (Å²) in [6.07, 6.45) is 4.15. The van der Waals surface area contributed by atoms with Gasteiger partial charge >= 0.3 is 0 Å². The molecule has 0 amide bonds. The van der Waals surface area contributed by atoms with Crippen molar-refractivity contribution in [1.82, 2.24) is 4.57 Å². The Hall–Kier alpha value is -7.56. The molecule has 0 saturated heterocycles. The average Bonchev–Trinajstić information content (AvgIpc) is 4.01. The molecule has 1 aliphatic heterocycles. The summed E-state index contributed by atoms with van der Waals surface area (Å²) in [4.78, 5) is 2.49. The Morgan fingerprint density at radius 3 is 2.00 bits per heavy atom. The van der Waals surface area contributed by atoms with E-state index in [1.807, 2.05) is 0 Å². The third-order valence-corrected chi connectivity index (χ3v) is 14.0. The van der Waals surface area contributed by atoms with Crippen LogP contribution in [0.4, 0.5) is 11.4 Å². The first-order valence-corrected chi connectivity index (χ1v) is 21.4. The first-order valence-electron chi connectivity index (χ1n) is 21.4. The lowest BCUT2D eigenvalue weighted by atomic mass is 9.82. The molecule has 0 fully saturated rings. The zero-order valence-electron chi connectivity index (χ0n) is 33.8. The Morgan fingerprint density at radius 1 is 0.508 bits per heavy atom. The summed E-state index contributed by atoms with van der Waals surface area (Å²) in [6.45, 7) is 4.73. The maximum absolute atomic E-state index is 6.91. The van der Waals surface area contributed by atoms with Gasteiger partial charge in [-0.3, -0.25) is 0 Å². The number of rotatable bonds is 3. The largest absolute Gasteiger partial charge is 0.455 e. The molecule has 4 heteroatoms. The Bertz CT molecular complexity index is 3810. The second-order valence-corrected chi connectivity index (χ2v) is 17.5. The maximum Gasteiger partial charge on any atom is 0.159 e. The fourth-order valence-corrected chi connectivity index (χ4v) is 11.3. The van der Waals surface area contributed by atoms with Crippen LogP contribution in [0.5, 0.6) is 0 Å². The van der Waals surface area contributed by atoms with Crippen molar-refractivity contribution in [2.45, 2.75) is 32.1 Å². The van der Waals surface area contributed by atoms with Gasteiger partial charge in [-0.2, -0.15) is 0 Å². The van der Waals surface area contributed by atoms with Gasteiger partial charge in [-0.05, 0) is 89.2 Å². The van der Waals surface area contributed by atoms with Gasteiger partial charge in [-0.25, -0.2) is 0 Å². The van der Waals surface area contributed by atoms with E-state index in [2.05, 4.69) is 193 Å².